The van der Waals surface area contributed by atoms with Crippen molar-refractivity contribution in [3.8, 4) is 0 Å². The smallest absolute Gasteiger partial charge is 0.0321 e. The van der Waals surface area contributed by atoms with Crippen LogP contribution in [0.5, 0.6) is 0 Å². The molecule has 7 unspecified atom stereocenters. The van der Waals surface area contributed by atoms with Crippen molar-refractivity contribution < 1.29 is 0 Å². The third-order valence-electron chi connectivity index (χ3n) is 12.6. The fourth-order valence-electron chi connectivity index (χ4n) is 10.4. The molecule has 0 amide bonds. The monoisotopic (exact) mass is 721 g/mol. The predicted octanol–water partition coefficient (Wildman–Crippen LogP) is 19.7. The van der Waals surface area contributed by atoms with E-state index in [0.29, 0.717) is 0 Å². The molecular weight excluding hydrogens is 601 g/mol. The van der Waals surface area contributed by atoms with Crippen molar-refractivity contribution >= 4 is 0 Å². The topological polar surface area (TPSA) is 0 Å². The Hall–Kier alpha value is 0. The highest BCUT2D eigenvalue weighted by Gasteiger charge is 2.63. The van der Waals surface area contributed by atoms with E-state index in [9.17, 15) is 0 Å². The summed E-state index contributed by atoms with van der Waals surface area (Å²) in [6, 6.07) is 0. The third-order valence-corrected chi connectivity index (χ3v) is 12.6. The first-order chi connectivity index (χ1) is 21.2. The van der Waals surface area contributed by atoms with Gasteiger partial charge in [-0.3, -0.25) is 0 Å². The second-order valence-corrected chi connectivity index (χ2v) is 13.3. The lowest BCUT2D eigenvalue weighted by atomic mass is 9.56. The molecule has 0 heteroatoms. The van der Waals surface area contributed by atoms with Gasteiger partial charge >= 0.3 is 0 Å². The molecule has 0 bridgehead atoms. The Balaban J connectivity index is -0.0000000528. The van der Waals surface area contributed by atoms with Crippen molar-refractivity contribution in [2.24, 2.45) is 94.7 Å². The second kappa shape index (κ2) is 41.8. The summed E-state index contributed by atoms with van der Waals surface area (Å²) in [6.45, 7) is 52.0. The zero-order valence-electron chi connectivity index (χ0n) is 36.1. The number of rotatable bonds is 0. The zero-order valence-corrected chi connectivity index (χ0v) is 36.1. The van der Waals surface area contributed by atoms with Gasteiger partial charge in [0.2, 0.25) is 0 Å². The number of hydrogen-bond acceptors (Lipinski definition) is 0. The van der Waals surface area contributed by atoms with Gasteiger partial charge in [0.05, 0.1) is 0 Å². The summed E-state index contributed by atoms with van der Waals surface area (Å²) < 4.78 is 0. The van der Waals surface area contributed by atoms with Gasteiger partial charge in [-0.05, 0) is 120 Å². The SMILES string of the molecule is C.C.C.C.C.C.CC.CC.CC.CC.CC.CC.CC.CC.CC1C2C(C[C@H]1C)C1C2C[C@@H](C)[C@H]1C.CC1[C@@H]2C(C[C@H]1C)[C@@H]1C[C@H](C)[C@H](C)[C@H]21. The molecule has 6 fully saturated rings. The van der Waals surface area contributed by atoms with Gasteiger partial charge in [0.15, 0.2) is 0 Å². The van der Waals surface area contributed by atoms with Crippen LogP contribution in [0.25, 0.3) is 0 Å². The molecule has 0 radical (unpaired) electrons. The Bertz CT molecular complexity index is 533. The Morgan fingerprint density at radius 2 is 0.360 bits per heavy atom. The molecule has 16 atom stereocenters. The quantitative estimate of drug-likeness (QED) is 0.234. The van der Waals surface area contributed by atoms with Crippen LogP contribution in [-0.2, 0) is 0 Å². The summed E-state index contributed by atoms with van der Waals surface area (Å²) >= 11 is 0. The molecule has 6 aliphatic carbocycles. The highest BCUT2D eigenvalue weighted by atomic mass is 14.7. The van der Waals surface area contributed by atoms with Crippen molar-refractivity contribution in [3.05, 3.63) is 0 Å². The average Bonchev–Trinajstić information content (AvgIpc) is 3.69. The van der Waals surface area contributed by atoms with Gasteiger partial charge < -0.3 is 0 Å². The van der Waals surface area contributed by atoms with E-state index >= 15 is 0 Å². The van der Waals surface area contributed by atoms with Gasteiger partial charge in [0, 0.05) is 0 Å². The Morgan fingerprint density at radius 1 is 0.220 bits per heavy atom. The average molecular weight is 722 g/mol. The van der Waals surface area contributed by atoms with Crippen molar-refractivity contribution in [2.75, 3.05) is 0 Å². The molecule has 0 N–H and O–H groups in total. The normalized spacial score (nSPS) is 37.9. The first-order valence-electron chi connectivity index (χ1n) is 21.2. The minimum atomic E-state index is 0. The predicted molar refractivity (Wildman–Crippen MR) is 251 cm³/mol. The summed E-state index contributed by atoms with van der Waals surface area (Å²) in [7, 11) is 0. The van der Waals surface area contributed by atoms with E-state index in [-0.39, 0.29) is 44.6 Å². The molecule has 6 saturated carbocycles. The maximum absolute atomic E-state index is 2.52. The van der Waals surface area contributed by atoms with Crippen molar-refractivity contribution in [1.82, 2.24) is 0 Å². The van der Waals surface area contributed by atoms with Crippen LogP contribution in [0, 0.1) is 94.7 Å². The van der Waals surface area contributed by atoms with Crippen molar-refractivity contribution in [3.63, 3.8) is 0 Å². The van der Waals surface area contributed by atoms with E-state index in [1.807, 2.05) is 111 Å². The standard InChI is InChI=1S/2C14H24.8C2H6.6CH4/c1-7-5-11-13(9(7)3)12-6-8(2)10(4)14(11)12;1-7-5-11-12-6-8(2)10(4)14(12)13(11)9(7)3;8*1-2;;;;;;/h2*7-14H,5-6H2,1-4H3;8*1-2H3;6*1H4/t7-,8-,9-,10?,11?,12?,13?,14?;7-,8+,9-,10?,11-,12?,13-,14+;;;;;;;;;;;;;;/m10............../s1. The van der Waals surface area contributed by atoms with Crippen LogP contribution < -0.4 is 0 Å². The molecule has 0 spiro atoms. The molecule has 0 aromatic heterocycles. The van der Waals surface area contributed by atoms with Crippen molar-refractivity contribution in [2.45, 2.75) is 236 Å². The zero-order chi connectivity index (χ0) is 36.1. The summed E-state index contributed by atoms with van der Waals surface area (Å²) in [4.78, 5) is 0. The second-order valence-electron chi connectivity index (χ2n) is 13.3. The van der Waals surface area contributed by atoms with Crippen LogP contribution in [0.2, 0.25) is 0 Å². The molecule has 0 aromatic carbocycles. The fraction of sp³-hybridized carbons (Fsp3) is 1.00. The molecule has 6 aliphatic rings. The Kier molecular flexibility index (Phi) is 62.7. The lowest BCUT2D eigenvalue weighted by molar-refractivity contribution is -0.0149. The van der Waals surface area contributed by atoms with Gasteiger partial charge in [0.25, 0.3) is 0 Å². The summed E-state index contributed by atoms with van der Waals surface area (Å²) in [6.07, 6.45) is 6.19. The summed E-state index contributed by atoms with van der Waals surface area (Å²) in [5.74, 6) is 17.2. The van der Waals surface area contributed by atoms with E-state index in [4.69, 9.17) is 0 Å². The molecule has 0 nitrogen and oxygen atoms in total. The van der Waals surface area contributed by atoms with Gasteiger partial charge in [-0.2, -0.15) is 0 Å². The fourth-order valence-corrected chi connectivity index (χ4v) is 10.4. The summed E-state index contributed by atoms with van der Waals surface area (Å²) in [5, 5.41) is 0. The molecule has 0 aliphatic heterocycles. The van der Waals surface area contributed by atoms with Gasteiger partial charge in [-0.1, -0.05) is 211 Å². The van der Waals surface area contributed by atoms with E-state index in [2.05, 4.69) is 55.4 Å². The van der Waals surface area contributed by atoms with E-state index in [0.717, 1.165) is 94.7 Å². The molecule has 50 heavy (non-hydrogen) atoms. The van der Waals surface area contributed by atoms with E-state index < -0.39 is 0 Å². The largest absolute Gasteiger partial charge is 0.0776 e. The lowest BCUT2D eigenvalue weighted by Crippen LogP contribution is -2.44. The minimum Gasteiger partial charge on any atom is -0.0776 e. The maximum atomic E-state index is 2.52. The molecule has 6 rings (SSSR count). The summed E-state index contributed by atoms with van der Waals surface area (Å²) in [5.41, 5.74) is 0. The van der Waals surface area contributed by atoms with Gasteiger partial charge in [-0.25, -0.2) is 0 Å². The molecular formula is C50H120. The number of fused-ring (bicyclic) bond motifs is 8. The lowest BCUT2D eigenvalue weighted by Gasteiger charge is -2.49. The van der Waals surface area contributed by atoms with Crippen LogP contribution in [0.3, 0.4) is 0 Å². The molecule has 0 aromatic rings. The maximum Gasteiger partial charge on any atom is -0.0321 e. The van der Waals surface area contributed by atoms with Crippen LogP contribution >= 0.6 is 0 Å². The number of hydrogen-bond donors (Lipinski definition) is 0. The highest BCUT2D eigenvalue weighted by molar-refractivity contribution is 5.11. The van der Waals surface area contributed by atoms with Crippen LogP contribution in [0.1, 0.15) is 236 Å². The van der Waals surface area contributed by atoms with Crippen LogP contribution in [0.15, 0.2) is 0 Å². The van der Waals surface area contributed by atoms with Crippen LogP contribution in [-0.4, -0.2) is 0 Å². The Labute approximate surface area is 330 Å². The molecule has 0 heterocycles. The highest BCUT2D eigenvalue weighted by Crippen LogP contribution is 2.68. The van der Waals surface area contributed by atoms with E-state index in [1.54, 1.807) is 25.7 Å². The van der Waals surface area contributed by atoms with Gasteiger partial charge in [-0.15, -0.1) is 0 Å². The first kappa shape index (κ1) is 75.0. The third kappa shape index (κ3) is 16.6. The molecule has 320 valence electrons. The minimum absolute atomic E-state index is 0. The van der Waals surface area contributed by atoms with Crippen molar-refractivity contribution in [1.29, 1.82) is 0 Å². The van der Waals surface area contributed by atoms with E-state index in [1.165, 1.54) is 0 Å². The van der Waals surface area contributed by atoms with Crippen LogP contribution in [0.4, 0.5) is 0 Å². The molecule has 0 saturated heterocycles. The van der Waals surface area contributed by atoms with Gasteiger partial charge in [0.1, 0.15) is 0 Å². The first-order valence-corrected chi connectivity index (χ1v) is 21.2. The Morgan fingerprint density at radius 3 is 0.540 bits per heavy atom.